The minimum atomic E-state index is -0.728. The summed E-state index contributed by atoms with van der Waals surface area (Å²) in [6.45, 7) is 15.9. The molecule has 3 heterocycles. The molecule has 3 fully saturated rings. The predicted octanol–water partition coefficient (Wildman–Crippen LogP) is 3.17. The molecule has 2 bridgehead atoms. The van der Waals surface area contributed by atoms with Gasteiger partial charge < -0.3 is 19.6 Å². The van der Waals surface area contributed by atoms with Crippen molar-refractivity contribution in [3.63, 3.8) is 0 Å². The van der Waals surface area contributed by atoms with E-state index in [9.17, 15) is 19.5 Å². The number of amides is 2. The molecule has 3 rings (SSSR count). The van der Waals surface area contributed by atoms with Gasteiger partial charge in [-0.1, -0.05) is 12.2 Å². The number of nitrogens with zero attached hydrogens (tertiary/aromatic N) is 2. The number of aliphatic hydroxyl groups is 1. The van der Waals surface area contributed by atoms with E-state index < -0.39 is 32.9 Å². The highest BCUT2D eigenvalue weighted by atomic mass is 32.2. The Balaban J connectivity index is 1.95. The van der Waals surface area contributed by atoms with Crippen LogP contribution < -0.4 is 0 Å². The normalized spacial score (nSPS) is 32.0. The Labute approximate surface area is 208 Å². The molecule has 34 heavy (non-hydrogen) atoms. The van der Waals surface area contributed by atoms with Gasteiger partial charge in [0.15, 0.2) is 0 Å². The summed E-state index contributed by atoms with van der Waals surface area (Å²) in [6, 6.07) is -0.728. The van der Waals surface area contributed by atoms with Crippen molar-refractivity contribution in [2.75, 3.05) is 26.3 Å². The summed E-state index contributed by atoms with van der Waals surface area (Å²) in [6.07, 6.45) is 7.47. The van der Waals surface area contributed by atoms with Gasteiger partial charge in [-0.25, -0.2) is 0 Å². The molecule has 0 aromatic rings. The SMILES string of the molecule is C=CCCCCOC(=O)[C@H]1[C@H]2C(=O)N(CCO)C(C(=O)N(CC=C)C(C)(C)C)C23CC[C@]1(C)S3. The van der Waals surface area contributed by atoms with Crippen LogP contribution in [0.5, 0.6) is 0 Å². The lowest BCUT2D eigenvalue weighted by atomic mass is 9.66. The fourth-order valence-corrected chi connectivity index (χ4v) is 8.37. The van der Waals surface area contributed by atoms with Gasteiger partial charge in [0.05, 0.1) is 29.8 Å². The number of thioether (sulfide) groups is 1. The third-order valence-corrected chi connectivity index (χ3v) is 9.53. The van der Waals surface area contributed by atoms with E-state index in [-0.39, 0.29) is 30.9 Å². The third-order valence-electron chi connectivity index (χ3n) is 7.54. The van der Waals surface area contributed by atoms with Crippen LogP contribution >= 0.6 is 11.8 Å². The summed E-state index contributed by atoms with van der Waals surface area (Å²) in [5, 5.41) is 9.75. The van der Waals surface area contributed by atoms with Crippen LogP contribution in [0.3, 0.4) is 0 Å². The topological polar surface area (TPSA) is 87.1 Å². The first-order valence-electron chi connectivity index (χ1n) is 12.3. The van der Waals surface area contributed by atoms with Gasteiger partial charge in [-0.05, 0) is 59.8 Å². The van der Waals surface area contributed by atoms with E-state index in [0.717, 1.165) is 25.7 Å². The van der Waals surface area contributed by atoms with Gasteiger partial charge in [-0.3, -0.25) is 14.4 Å². The summed E-state index contributed by atoms with van der Waals surface area (Å²) < 4.78 is 4.51. The summed E-state index contributed by atoms with van der Waals surface area (Å²) in [5.41, 5.74) is -0.469. The number of carbonyl (C=O) groups is 3. The molecule has 0 saturated carbocycles. The minimum Gasteiger partial charge on any atom is -0.465 e. The minimum absolute atomic E-state index is 0.0696. The van der Waals surface area contributed by atoms with Crippen LogP contribution in [0.1, 0.15) is 59.8 Å². The molecular weight excluding hydrogens is 452 g/mol. The summed E-state index contributed by atoms with van der Waals surface area (Å²) in [7, 11) is 0. The van der Waals surface area contributed by atoms with Crippen molar-refractivity contribution < 1.29 is 24.2 Å². The molecule has 0 aromatic carbocycles. The van der Waals surface area contributed by atoms with Gasteiger partial charge in [-0.15, -0.1) is 24.9 Å². The number of hydrogen-bond donors (Lipinski definition) is 1. The largest absolute Gasteiger partial charge is 0.465 e. The summed E-state index contributed by atoms with van der Waals surface area (Å²) >= 11 is 1.62. The molecule has 0 aliphatic carbocycles. The number of fused-ring (bicyclic) bond motifs is 1. The van der Waals surface area contributed by atoms with Gasteiger partial charge in [0.1, 0.15) is 6.04 Å². The Morgan fingerprint density at radius 2 is 1.97 bits per heavy atom. The molecule has 3 aliphatic rings. The Morgan fingerprint density at radius 3 is 2.56 bits per heavy atom. The van der Waals surface area contributed by atoms with E-state index >= 15 is 0 Å². The Morgan fingerprint density at radius 1 is 1.26 bits per heavy atom. The number of esters is 1. The van der Waals surface area contributed by atoms with Crippen LogP contribution in [0.4, 0.5) is 0 Å². The van der Waals surface area contributed by atoms with Crippen LogP contribution in [0.2, 0.25) is 0 Å². The Kier molecular flexibility index (Phi) is 7.92. The molecule has 2 amide bonds. The number of ether oxygens (including phenoxy) is 1. The first kappa shape index (κ1) is 26.8. The van der Waals surface area contributed by atoms with E-state index in [0.29, 0.717) is 19.6 Å². The highest BCUT2D eigenvalue weighted by molar-refractivity contribution is 8.02. The van der Waals surface area contributed by atoms with Crippen molar-refractivity contribution in [3.8, 4) is 0 Å². The lowest BCUT2D eigenvalue weighted by molar-refractivity contribution is -0.155. The molecule has 7 nitrogen and oxygen atoms in total. The van der Waals surface area contributed by atoms with Gasteiger partial charge in [0, 0.05) is 23.4 Å². The molecular formula is C26H40N2O5S. The maximum Gasteiger partial charge on any atom is 0.311 e. The predicted molar refractivity (Wildman–Crippen MR) is 134 cm³/mol. The van der Waals surface area contributed by atoms with Crippen LogP contribution in [0.15, 0.2) is 25.3 Å². The first-order chi connectivity index (χ1) is 16.0. The fourth-order valence-electron chi connectivity index (χ4n) is 6.04. The number of hydrogen-bond acceptors (Lipinski definition) is 6. The zero-order chi connectivity index (χ0) is 25.3. The Bertz CT molecular complexity index is 840. The van der Waals surface area contributed by atoms with Crippen LogP contribution in [-0.2, 0) is 19.1 Å². The molecule has 1 N–H and O–H groups in total. The second-order valence-electron chi connectivity index (χ2n) is 10.8. The van der Waals surface area contributed by atoms with E-state index in [1.54, 1.807) is 22.7 Å². The zero-order valence-corrected chi connectivity index (χ0v) is 21.9. The average molecular weight is 493 g/mol. The first-order valence-corrected chi connectivity index (χ1v) is 13.1. The van der Waals surface area contributed by atoms with Crippen molar-refractivity contribution in [1.82, 2.24) is 9.80 Å². The lowest BCUT2D eigenvalue weighted by Gasteiger charge is -2.42. The number of unbranched alkanes of at least 4 members (excludes halogenated alkanes) is 2. The van der Waals surface area contributed by atoms with E-state index in [1.165, 1.54) is 4.90 Å². The highest BCUT2D eigenvalue weighted by Gasteiger charge is 2.77. The number of β-amino-alcohol motifs (C(OH)–C–C–N with tert-alkyl or cyclic N) is 1. The molecule has 190 valence electrons. The standard InChI is InChI=1S/C26H40N2O5S/c1-7-9-10-11-17-33-23(32)19-18-21(30)27(15-16-29)20(26(18)13-12-25(19,6)34-26)22(31)28(14-8-2)24(3,4)5/h7-8,18-20,29H,1-2,9-17H2,3-6H3/t18-,19+,20?,25-,26?/m0/s1. The monoisotopic (exact) mass is 492 g/mol. The Hall–Kier alpha value is -1.80. The smallest absolute Gasteiger partial charge is 0.311 e. The second-order valence-corrected chi connectivity index (χ2v) is 12.7. The maximum absolute atomic E-state index is 14.1. The van der Waals surface area contributed by atoms with Crippen LogP contribution in [0, 0.1) is 11.8 Å². The third kappa shape index (κ3) is 4.43. The summed E-state index contributed by atoms with van der Waals surface area (Å²) in [5.74, 6) is -1.93. The number of allylic oxidation sites excluding steroid dienone is 1. The average Bonchev–Trinajstić information content (AvgIpc) is 3.32. The maximum atomic E-state index is 14.1. The lowest BCUT2D eigenvalue weighted by Crippen LogP contribution is -2.59. The van der Waals surface area contributed by atoms with Gasteiger partial charge in [-0.2, -0.15) is 0 Å². The van der Waals surface area contributed by atoms with Crippen molar-refractivity contribution >= 4 is 29.5 Å². The molecule has 3 saturated heterocycles. The van der Waals surface area contributed by atoms with E-state index in [1.807, 2.05) is 33.8 Å². The van der Waals surface area contributed by atoms with Crippen molar-refractivity contribution in [2.45, 2.75) is 80.9 Å². The molecule has 8 heteroatoms. The van der Waals surface area contributed by atoms with E-state index in [4.69, 9.17) is 4.74 Å². The van der Waals surface area contributed by atoms with Crippen molar-refractivity contribution in [2.24, 2.45) is 11.8 Å². The van der Waals surface area contributed by atoms with Crippen molar-refractivity contribution in [3.05, 3.63) is 25.3 Å². The second kappa shape index (κ2) is 10.1. The summed E-state index contributed by atoms with van der Waals surface area (Å²) in [4.78, 5) is 44.4. The van der Waals surface area contributed by atoms with Crippen LogP contribution in [0.25, 0.3) is 0 Å². The zero-order valence-electron chi connectivity index (χ0n) is 21.0. The highest BCUT2D eigenvalue weighted by Crippen LogP contribution is 2.71. The molecule has 0 aromatic heterocycles. The van der Waals surface area contributed by atoms with Crippen molar-refractivity contribution in [1.29, 1.82) is 0 Å². The molecule has 3 aliphatic heterocycles. The van der Waals surface area contributed by atoms with Crippen LogP contribution in [-0.4, -0.2) is 80.1 Å². The molecule has 5 atom stereocenters. The number of carbonyl (C=O) groups excluding carboxylic acids is 3. The van der Waals surface area contributed by atoms with E-state index in [2.05, 4.69) is 13.2 Å². The molecule has 0 radical (unpaired) electrons. The quantitative estimate of drug-likeness (QED) is 0.271. The number of likely N-dealkylation sites (tertiary alicyclic amines) is 1. The molecule has 2 unspecified atom stereocenters. The van der Waals surface area contributed by atoms with Gasteiger partial charge in [0.25, 0.3) is 0 Å². The number of aliphatic hydroxyl groups excluding tert-OH is 1. The fraction of sp³-hybridized carbons (Fsp3) is 0.731. The number of rotatable bonds is 11. The van der Waals surface area contributed by atoms with Gasteiger partial charge >= 0.3 is 5.97 Å². The van der Waals surface area contributed by atoms with Gasteiger partial charge in [0.2, 0.25) is 11.8 Å². The molecule has 1 spiro atoms.